The standard InChI is InChI=1S/C18H17BrFNO2/c19-16-12-14(9-10-17(16)20)6-4-5-11-21-18(22)23-13-15-7-2-1-3-8-15/h1-4,6-10,12H,5,11,13H2,(H,21,22). The summed E-state index contributed by atoms with van der Waals surface area (Å²) in [4.78, 5) is 11.5. The Kier molecular flexibility index (Phi) is 6.81. The van der Waals surface area contributed by atoms with Crippen LogP contribution in [-0.2, 0) is 11.3 Å². The van der Waals surface area contributed by atoms with E-state index in [0.29, 0.717) is 17.4 Å². The molecule has 120 valence electrons. The Hall–Kier alpha value is -2.14. The molecule has 2 rings (SSSR count). The average Bonchev–Trinajstić information content (AvgIpc) is 2.57. The molecule has 0 aliphatic heterocycles. The quantitative estimate of drug-likeness (QED) is 0.725. The summed E-state index contributed by atoms with van der Waals surface area (Å²) < 4.78 is 18.6. The minimum atomic E-state index is -0.438. The summed E-state index contributed by atoms with van der Waals surface area (Å²) in [5, 5.41) is 2.68. The Morgan fingerprint density at radius 2 is 2.00 bits per heavy atom. The Balaban J connectivity index is 1.65. The second kappa shape index (κ2) is 9.10. The van der Waals surface area contributed by atoms with Gasteiger partial charge in [-0.1, -0.05) is 48.6 Å². The van der Waals surface area contributed by atoms with Crippen LogP contribution >= 0.6 is 15.9 Å². The molecule has 1 N–H and O–H groups in total. The summed E-state index contributed by atoms with van der Waals surface area (Å²) in [6, 6.07) is 14.3. The van der Waals surface area contributed by atoms with E-state index in [2.05, 4.69) is 21.2 Å². The molecule has 0 heterocycles. The zero-order valence-corrected chi connectivity index (χ0v) is 14.1. The normalized spacial score (nSPS) is 10.7. The summed E-state index contributed by atoms with van der Waals surface area (Å²) in [6.45, 7) is 0.735. The van der Waals surface area contributed by atoms with Crippen molar-refractivity contribution in [1.29, 1.82) is 0 Å². The molecule has 0 spiro atoms. The van der Waals surface area contributed by atoms with Crippen molar-refractivity contribution in [3.8, 4) is 0 Å². The van der Waals surface area contributed by atoms with Gasteiger partial charge in [-0.25, -0.2) is 9.18 Å². The van der Waals surface area contributed by atoms with Crippen LogP contribution in [0, 0.1) is 5.82 Å². The summed E-state index contributed by atoms with van der Waals surface area (Å²) in [5.41, 5.74) is 1.84. The van der Waals surface area contributed by atoms with Gasteiger partial charge in [0.25, 0.3) is 0 Å². The lowest BCUT2D eigenvalue weighted by Gasteiger charge is -2.05. The first-order valence-corrected chi connectivity index (χ1v) is 8.00. The molecular weight excluding hydrogens is 361 g/mol. The van der Waals surface area contributed by atoms with E-state index in [9.17, 15) is 9.18 Å². The van der Waals surface area contributed by atoms with Crippen LogP contribution < -0.4 is 5.32 Å². The Labute approximate surface area is 143 Å². The Bertz CT molecular complexity index is 674. The van der Waals surface area contributed by atoms with Crippen molar-refractivity contribution in [3.05, 3.63) is 76.0 Å². The van der Waals surface area contributed by atoms with Crippen LogP contribution in [0.15, 0.2) is 59.1 Å². The van der Waals surface area contributed by atoms with E-state index >= 15 is 0 Å². The van der Waals surface area contributed by atoms with Crippen molar-refractivity contribution >= 4 is 28.1 Å². The lowest BCUT2D eigenvalue weighted by Crippen LogP contribution is -2.24. The third-order valence-electron chi connectivity index (χ3n) is 3.05. The van der Waals surface area contributed by atoms with Crippen LogP contribution in [0.25, 0.3) is 6.08 Å². The molecule has 0 fully saturated rings. The van der Waals surface area contributed by atoms with Gasteiger partial charge in [0.2, 0.25) is 0 Å². The Morgan fingerprint density at radius 1 is 1.22 bits per heavy atom. The molecule has 0 atom stereocenters. The number of halogens is 2. The van der Waals surface area contributed by atoms with Gasteiger partial charge in [0.15, 0.2) is 0 Å². The highest BCUT2D eigenvalue weighted by atomic mass is 79.9. The van der Waals surface area contributed by atoms with Gasteiger partial charge >= 0.3 is 6.09 Å². The fraction of sp³-hybridized carbons (Fsp3) is 0.167. The van der Waals surface area contributed by atoms with Crippen LogP contribution in [0.5, 0.6) is 0 Å². The lowest BCUT2D eigenvalue weighted by atomic mass is 10.2. The zero-order chi connectivity index (χ0) is 16.5. The van der Waals surface area contributed by atoms with Crippen LogP contribution in [0.1, 0.15) is 17.5 Å². The molecule has 3 nitrogen and oxygen atoms in total. The third kappa shape index (κ3) is 6.24. The van der Waals surface area contributed by atoms with Gasteiger partial charge in [0.1, 0.15) is 12.4 Å². The highest BCUT2D eigenvalue weighted by Crippen LogP contribution is 2.17. The van der Waals surface area contributed by atoms with E-state index < -0.39 is 6.09 Å². The molecule has 0 saturated carbocycles. The Morgan fingerprint density at radius 3 is 2.74 bits per heavy atom. The van der Waals surface area contributed by atoms with Gasteiger partial charge in [0.05, 0.1) is 4.47 Å². The topological polar surface area (TPSA) is 38.3 Å². The van der Waals surface area contributed by atoms with Gasteiger partial charge < -0.3 is 10.1 Å². The molecular formula is C18H17BrFNO2. The number of benzene rings is 2. The predicted molar refractivity (Wildman–Crippen MR) is 92.4 cm³/mol. The molecule has 1 amide bonds. The van der Waals surface area contributed by atoms with Crippen molar-refractivity contribution in [2.24, 2.45) is 0 Å². The van der Waals surface area contributed by atoms with Crippen molar-refractivity contribution < 1.29 is 13.9 Å². The van der Waals surface area contributed by atoms with E-state index in [-0.39, 0.29) is 12.4 Å². The number of nitrogens with one attached hydrogen (secondary N) is 1. The third-order valence-corrected chi connectivity index (χ3v) is 3.65. The fourth-order valence-electron chi connectivity index (χ4n) is 1.87. The number of carbonyl (C=O) groups is 1. The van der Waals surface area contributed by atoms with Crippen LogP contribution in [-0.4, -0.2) is 12.6 Å². The predicted octanol–water partition coefficient (Wildman–Crippen LogP) is 4.92. The van der Waals surface area contributed by atoms with Crippen LogP contribution in [0.4, 0.5) is 9.18 Å². The molecule has 0 aliphatic rings. The maximum atomic E-state index is 13.1. The van der Waals surface area contributed by atoms with Gasteiger partial charge in [-0.3, -0.25) is 0 Å². The van der Waals surface area contributed by atoms with E-state index in [1.165, 1.54) is 6.07 Å². The average molecular weight is 378 g/mol. The fourth-order valence-corrected chi connectivity index (χ4v) is 2.26. The van der Waals surface area contributed by atoms with Crippen molar-refractivity contribution in [3.63, 3.8) is 0 Å². The molecule has 5 heteroatoms. The number of rotatable bonds is 6. The molecule has 2 aromatic carbocycles. The number of hydrogen-bond donors (Lipinski definition) is 1. The maximum absolute atomic E-state index is 13.1. The molecule has 0 bridgehead atoms. The molecule has 0 unspecified atom stereocenters. The van der Waals surface area contributed by atoms with Crippen molar-refractivity contribution in [2.75, 3.05) is 6.54 Å². The van der Waals surface area contributed by atoms with E-state index in [0.717, 1.165) is 11.1 Å². The largest absolute Gasteiger partial charge is 0.445 e. The first kappa shape index (κ1) is 17.2. The number of ether oxygens (including phenoxy) is 1. The molecule has 0 aromatic heterocycles. The highest BCUT2D eigenvalue weighted by molar-refractivity contribution is 9.10. The second-order valence-electron chi connectivity index (χ2n) is 4.85. The van der Waals surface area contributed by atoms with E-state index in [1.807, 2.05) is 42.5 Å². The van der Waals surface area contributed by atoms with Gasteiger partial charge in [-0.2, -0.15) is 0 Å². The number of alkyl carbamates (subject to hydrolysis) is 1. The number of carbonyl (C=O) groups excluding carboxylic acids is 1. The number of hydrogen-bond acceptors (Lipinski definition) is 2. The van der Waals surface area contributed by atoms with Crippen molar-refractivity contribution in [1.82, 2.24) is 5.32 Å². The SMILES string of the molecule is O=C(NCCC=Cc1ccc(F)c(Br)c1)OCc1ccccc1. The number of amides is 1. The summed E-state index contributed by atoms with van der Waals surface area (Å²) in [5.74, 6) is -0.287. The molecule has 0 radical (unpaired) electrons. The minimum Gasteiger partial charge on any atom is -0.445 e. The maximum Gasteiger partial charge on any atom is 0.407 e. The highest BCUT2D eigenvalue weighted by Gasteiger charge is 2.01. The van der Waals surface area contributed by atoms with Gasteiger partial charge in [0, 0.05) is 6.54 Å². The van der Waals surface area contributed by atoms with Crippen LogP contribution in [0.2, 0.25) is 0 Å². The molecule has 0 saturated heterocycles. The molecule has 0 aliphatic carbocycles. The van der Waals surface area contributed by atoms with Gasteiger partial charge in [-0.15, -0.1) is 0 Å². The monoisotopic (exact) mass is 377 g/mol. The van der Waals surface area contributed by atoms with Crippen LogP contribution in [0.3, 0.4) is 0 Å². The first-order chi connectivity index (χ1) is 11.1. The van der Waals surface area contributed by atoms with E-state index in [4.69, 9.17) is 4.74 Å². The van der Waals surface area contributed by atoms with E-state index in [1.54, 1.807) is 12.1 Å². The first-order valence-electron chi connectivity index (χ1n) is 7.21. The van der Waals surface area contributed by atoms with Crippen molar-refractivity contribution in [2.45, 2.75) is 13.0 Å². The minimum absolute atomic E-state index is 0.256. The molecule has 23 heavy (non-hydrogen) atoms. The lowest BCUT2D eigenvalue weighted by molar-refractivity contribution is 0.140. The summed E-state index contributed by atoms with van der Waals surface area (Å²) in [7, 11) is 0. The molecule has 2 aromatic rings. The van der Waals surface area contributed by atoms with Gasteiger partial charge in [-0.05, 0) is 45.6 Å². The summed E-state index contributed by atoms with van der Waals surface area (Å²) >= 11 is 3.14. The summed E-state index contributed by atoms with van der Waals surface area (Å²) in [6.07, 6.45) is 4.01. The second-order valence-corrected chi connectivity index (χ2v) is 5.71. The smallest absolute Gasteiger partial charge is 0.407 e. The zero-order valence-electron chi connectivity index (χ0n) is 12.5.